The molecule has 0 heterocycles. The molecule has 0 aromatic heterocycles. The number of sulfonamides is 1. The number of hydrogen-bond acceptors (Lipinski definition) is 4. The Balaban J connectivity index is 2.82. The minimum absolute atomic E-state index is 0.202. The zero-order chi connectivity index (χ0) is 16.2. The molecule has 1 aromatic carbocycles. The average Bonchev–Trinajstić information content (AvgIpc) is 2.41. The lowest BCUT2D eigenvalue weighted by atomic mass is 10.1. The number of nitrogen functional groups attached to an aromatic ring is 1. The van der Waals surface area contributed by atoms with Crippen LogP contribution in [0.1, 0.15) is 31.4 Å². The number of likely N-dealkylation sites (N-methyl/N-ethyl adjacent to an activating group) is 1. The van der Waals surface area contributed by atoms with Crippen LogP contribution < -0.4 is 10.5 Å². The van der Waals surface area contributed by atoms with Crippen LogP contribution in [0.2, 0.25) is 0 Å². The lowest BCUT2D eigenvalue weighted by Crippen LogP contribution is -2.37. The Bertz CT molecular complexity index is 585. The van der Waals surface area contributed by atoms with E-state index < -0.39 is 10.0 Å². The molecule has 0 aliphatic rings. The highest BCUT2D eigenvalue weighted by Crippen LogP contribution is 2.24. The van der Waals surface area contributed by atoms with Gasteiger partial charge in [0, 0.05) is 19.1 Å². The SMILES string of the molecule is CCC(C)N(C)CCNS(=O)(=O)c1c(N)ccc(C)c1C. The molecule has 120 valence electrons. The van der Waals surface area contributed by atoms with Gasteiger partial charge in [0.15, 0.2) is 0 Å². The van der Waals surface area contributed by atoms with Crippen molar-refractivity contribution in [2.75, 3.05) is 25.9 Å². The first kappa shape index (κ1) is 17.9. The van der Waals surface area contributed by atoms with E-state index in [9.17, 15) is 8.42 Å². The van der Waals surface area contributed by atoms with Crippen LogP contribution in [-0.2, 0) is 10.0 Å². The van der Waals surface area contributed by atoms with E-state index in [1.807, 2.05) is 20.0 Å². The Morgan fingerprint density at radius 2 is 1.95 bits per heavy atom. The standard InChI is InChI=1S/C15H27N3O2S/c1-6-12(3)18(5)10-9-17-21(19,20)15-13(4)11(2)7-8-14(15)16/h7-8,12,17H,6,9-10,16H2,1-5H3. The fraction of sp³-hybridized carbons (Fsp3) is 0.600. The molecule has 0 fully saturated rings. The Labute approximate surface area is 128 Å². The molecule has 0 amide bonds. The first-order chi connectivity index (χ1) is 9.70. The second-order valence-corrected chi connectivity index (χ2v) is 7.27. The summed E-state index contributed by atoms with van der Waals surface area (Å²) in [6.45, 7) is 8.93. The van der Waals surface area contributed by atoms with E-state index in [0.717, 1.165) is 12.0 Å². The molecule has 0 saturated carbocycles. The van der Waals surface area contributed by atoms with Gasteiger partial charge in [-0.3, -0.25) is 0 Å². The van der Waals surface area contributed by atoms with Crippen molar-refractivity contribution >= 4 is 15.7 Å². The third-order valence-corrected chi connectivity index (χ3v) is 5.74. The van der Waals surface area contributed by atoms with E-state index in [1.165, 1.54) is 0 Å². The van der Waals surface area contributed by atoms with E-state index in [2.05, 4.69) is 23.5 Å². The van der Waals surface area contributed by atoms with E-state index >= 15 is 0 Å². The minimum Gasteiger partial charge on any atom is -0.398 e. The lowest BCUT2D eigenvalue weighted by Gasteiger charge is -2.23. The molecule has 1 rings (SSSR count). The van der Waals surface area contributed by atoms with Crippen LogP contribution in [0.4, 0.5) is 5.69 Å². The summed E-state index contributed by atoms with van der Waals surface area (Å²) in [6, 6.07) is 3.91. The van der Waals surface area contributed by atoms with Gasteiger partial charge in [-0.2, -0.15) is 0 Å². The van der Waals surface area contributed by atoms with Crippen molar-refractivity contribution in [3.8, 4) is 0 Å². The monoisotopic (exact) mass is 313 g/mol. The fourth-order valence-corrected chi connectivity index (χ4v) is 3.58. The molecule has 1 atom stereocenters. The number of aryl methyl sites for hydroxylation is 1. The molecule has 0 radical (unpaired) electrons. The summed E-state index contributed by atoms with van der Waals surface area (Å²) in [5, 5.41) is 0. The van der Waals surface area contributed by atoms with E-state index in [0.29, 0.717) is 30.4 Å². The van der Waals surface area contributed by atoms with Crippen molar-refractivity contribution in [1.29, 1.82) is 0 Å². The molecular formula is C15H27N3O2S. The number of rotatable bonds is 7. The summed E-state index contributed by atoms with van der Waals surface area (Å²) in [6.07, 6.45) is 1.03. The largest absolute Gasteiger partial charge is 0.398 e. The summed E-state index contributed by atoms with van der Waals surface area (Å²) >= 11 is 0. The average molecular weight is 313 g/mol. The predicted octanol–water partition coefficient (Wildman–Crippen LogP) is 1.89. The van der Waals surface area contributed by atoms with Crippen LogP contribution in [-0.4, -0.2) is 39.5 Å². The third kappa shape index (κ3) is 4.43. The topological polar surface area (TPSA) is 75.4 Å². The zero-order valence-electron chi connectivity index (χ0n) is 13.6. The molecule has 1 unspecified atom stereocenters. The van der Waals surface area contributed by atoms with Gasteiger partial charge in [-0.25, -0.2) is 13.1 Å². The number of nitrogens with two attached hydrogens (primary N) is 1. The zero-order valence-corrected chi connectivity index (χ0v) is 14.4. The van der Waals surface area contributed by atoms with Crippen molar-refractivity contribution in [1.82, 2.24) is 9.62 Å². The molecule has 1 aromatic rings. The van der Waals surface area contributed by atoms with Crippen LogP contribution >= 0.6 is 0 Å². The first-order valence-electron chi connectivity index (χ1n) is 7.26. The van der Waals surface area contributed by atoms with Gasteiger partial charge in [-0.15, -0.1) is 0 Å². The Morgan fingerprint density at radius 3 is 2.52 bits per heavy atom. The van der Waals surface area contributed by atoms with Gasteiger partial charge in [-0.05, 0) is 51.4 Å². The molecule has 5 nitrogen and oxygen atoms in total. The molecule has 0 spiro atoms. The van der Waals surface area contributed by atoms with Gasteiger partial charge in [-0.1, -0.05) is 13.0 Å². The summed E-state index contributed by atoms with van der Waals surface area (Å²) in [7, 11) is -1.58. The number of hydrogen-bond donors (Lipinski definition) is 2. The van der Waals surface area contributed by atoms with Gasteiger partial charge < -0.3 is 10.6 Å². The van der Waals surface area contributed by atoms with Crippen LogP contribution in [0.5, 0.6) is 0 Å². The number of benzene rings is 1. The number of nitrogens with zero attached hydrogens (tertiary/aromatic N) is 1. The third-order valence-electron chi connectivity index (χ3n) is 4.08. The van der Waals surface area contributed by atoms with Gasteiger partial charge in [0.2, 0.25) is 10.0 Å². The van der Waals surface area contributed by atoms with Crippen molar-refractivity contribution in [3.05, 3.63) is 23.3 Å². The van der Waals surface area contributed by atoms with Gasteiger partial charge in [0.1, 0.15) is 4.90 Å². The van der Waals surface area contributed by atoms with Crippen LogP contribution in [0, 0.1) is 13.8 Å². The van der Waals surface area contributed by atoms with Gasteiger partial charge in [0.05, 0.1) is 5.69 Å². The van der Waals surface area contributed by atoms with Crippen LogP contribution in [0.3, 0.4) is 0 Å². The molecular weight excluding hydrogens is 286 g/mol. The maximum Gasteiger partial charge on any atom is 0.242 e. The molecule has 21 heavy (non-hydrogen) atoms. The van der Waals surface area contributed by atoms with Crippen LogP contribution in [0.25, 0.3) is 0 Å². The second kappa shape index (κ2) is 7.24. The van der Waals surface area contributed by atoms with Crippen LogP contribution in [0.15, 0.2) is 17.0 Å². The lowest BCUT2D eigenvalue weighted by molar-refractivity contribution is 0.256. The number of nitrogens with one attached hydrogen (secondary N) is 1. The highest BCUT2D eigenvalue weighted by Gasteiger charge is 2.21. The van der Waals surface area contributed by atoms with Crippen molar-refractivity contribution in [2.24, 2.45) is 0 Å². The first-order valence-corrected chi connectivity index (χ1v) is 8.74. The molecule has 0 saturated heterocycles. The molecule has 0 bridgehead atoms. The summed E-state index contributed by atoms with van der Waals surface area (Å²) < 4.78 is 27.5. The van der Waals surface area contributed by atoms with E-state index in [-0.39, 0.29) is 4.90 Å². The maximum atomic E-state index is 12.4. The van der Waals surface area contributed by atoms with Gasteiger partial charge in [0.25, 0.3) is 0 Å². The highest BCUT2D eigenvalue weighted by atomic mass is 32.2. The molecule has 0 aliphatic carbocycles. The number of anilines is 1. The highest BCUT2D eigenvalue weighted by molar-refractivity contribution is 7.89. The fourth-order valence-electron chi connectivity index (χ4n) is 2.13. The Kier molecular flexibility index (Phi) is 6.19. The molecule has 3 N–H and O–H groups in total. The van der Waals surface area contributed by atoms with Gasteiger partial charge >= 0.3 is 0 Å². The summed E-state index contributed by atoms with van der Waals surface area (Å²) in [5.74, 6) is 0. The van der Waals surface area contributed by atoms with Crippen molar-refractivity contribution in [3.63, 3.8) is 0 Å². The predicted molar refractivity (Wildman–Crippen MR) is 87.9 cm³/mol. The summed E-state index contributed by atoms with van der Waals surface area (Å²) in [5.41, 5.74) is 7.76. The van der Waals surface area contributed by atoms with Crippen molar-refractivity contribution in [2.45, 2.75) is 45.1 Å². The van der Waals surface area contributed by atoms with Crippen molar-refractivity contribution < 1.29 is 8.42 Å². The van der Waals surface area contributed by atoms with E-state index in [4.69, 9.17) is 5.73 Å². The summed E-state index contributed by atoms with van der Waals surface area (Å²) in [4.78, 5) is 2.34. The Morgan fingerprint density at radius 1 is 1.33 bits per heavy atom. The van der Waals surface area contributed by atoms with E-state index in [1.54, 1.807) is 13.0 Å². The maximum absolute atomic E-state index is 12.4. The second-order valence-electron chi connectivity index (χ2n) is 5.56. The normalized spacial score (nSPS) is 13.6. The molecule has 0 aliphatic heterocycles. The molecule has 6 heteroatoms. The smallest absolute Gasteiger partial charge is 0.242 e. The minimum atomic E-state index is -3.57. The quantitative estimate of drug-likeness (QED) is 0.754. The Hall–Kier alpha value is -1.11.